The van der Waals surface area contributed by atoms with Gasteiger partial charge in [0.25, 0.3) is 5.91 Å². The van der Waals surface area contributed by atoms with E-state index in [-0.39, 0.29) is 5.91 Å². The standard InChI is InChI=1S/C20H26ClN5O/c1-15(2)6-8-22-20-23-9-7-18(24-20)19(27)26-12-10-25(11-13-26)17-5-3-4-16(21)14-17/h3-5,7,9,14-15H,6,8,10-13H2,1-2H3,(H,22,23,24). The predicted octanol–water partition coefficient (Wildman–Crippen LogP) is 3.55. The number of halogens is 1. The van der Waals surface area contributed by atoms with Crippen LogP contribution in [0.5, 0.6) is 0 Å². The third-order valence-electron chi connectivity index (χ3n) is 4.62. The summed E-state index contributed by atoms with van der Waals surface area (Å²) in [5.74, 6) is 1.08. The lowest BCUT2D eigenvalue weighted by molar-refractivity contribution is 0.0741. The molecule has 0 aliphatic carbocycles. The molecule has 27 heavy (non-hydrogen) atoms. The Morgan fingerprint density at radius 2 is 2.00 bits per heavy atom. The van der Waals surface area contributed by atoms with Crippen molar-refractivity contribution < 1.29 is 4.79 Å². The van der Waals surface area contributed by atoms with Crippen molar-refractivity contribution in [3.8, 4) is 0 Å². The molecule has 0 saturated carbocycles. The summed E-state index contributed by atoms with van der Waals surface area (Å²) in [6.45, 7) is 8.01. The summed E-state index contributed by atoms with van der Waals surface area (Å²) in [6, 6.07) is 9.50. The van der Waals surface area contributed by atoms with E-state index < -0.39 is 0 Å². The van der Waals surface area contributed by atoms with Gasteiger partial charge in [0.05, 0.1) is 0 Å². The lowest BCUT2D eigenvalue weighted by Gasteiger charge is -2.36. The van der Waals surface area contributed by atoms with Crippen LogP contribution in [0.2, 0.25) is 5.02 Å². The van der Waals surface area contributed by atoms with Crippen LogP contribution in [0.1, 0.15) is 30.8 Å². The van der Waals surface area contributed by atoms with Gasteiger partial charge in [0.2, 0.25) is 5.95 Å². The largest absolute Gasteiger partial charge is 0.368 e. The molecule has 144 valence electrons. The van der Waals surface area contributed by atoms with Crippen molar-refractivity contribution in [3.05, 3.63) is 47.2 Å². The van der Waals surface area contributed by atoms with Gasteiger partial charge in [-0.25, -0.2) is 9.97 Å². The van der Waals surface area contributed by atoms with Crippen LogP contribution in [0.3, 0.4) is 0 Å². The van der Waals surface area contributed by atoms with E-state index in [1.54, 1.807) is 12.3 Å². The normalized spacial score (nSPS) is 14.5. The van der Waals surface area contributed by atoms with Gasteiger partial charge in [-0.15, -0.1) is 0 Å². The summed E-state index contributed by atoms with van der Waals surface area (Å²) in [4.78, 5) is 25.5. The Kier molecular flexibility index (Phi) is 6.50. The van der Waals surface area contributed by atoms with Crippen LogP contribution in [0.25, 0.3) is 0 Å². The molecule has 0 atom stereocenters. The first-order chi connectivity index (χ1) is 13.0. The van der Waals surface area contributed by atoms with Crippen LogP contribution in [0, 0.1) is 5.92 Å². The van der Waals surface area contributed by atoms with Crippen molar-refractivity contribution in [2.24, 2.45) is 5.92 Å². The highest BCUT2D eigenvalue weighted by Crippen LogP contribution is 2.21. The number of nitrogens with one attached hydrogen (secondary N) is 1. The van der Waals surface area contributed by atoms with Crippen molar-refractivity contribution in [1.29, 1.82) is 0 Å². The Bertz CT molecular complexity index is 774. The summed E-state index contributed by atoms with van der Waals surface area (Å²) in [5, 5.41) is 3.92. The molecule has 1 aromatic heterocycles. The first-order valence-electron chi connectivity index (χ1n) is 9.39. The molecule has 1 fully saturated rings. The first kappa shape index (κ1) is 19.4. The summed E-state index contributed by atoms with van der Waals surface area (Å²) in [6.07, 6.45) is 2.67. The molecule has 2 heterocycles. The number of aromatic nitrogens is 2. The number of hydrogen-bond donors (Lipinski definition) is 1. The number of nitrogens with zero attached hydrogens (tertiary/aromatic N) is 4. The maximum Gasteiger partial charge on any atom is 0.272 e. The molecule has 1 N–H and O–H groups in total. The topological polar surface area (TPSA) is 61.4 Å². The van der Waals surface area contributed by atoms with E-state index in [0.29, 0.717) is 30.6 Å². The average Bonchev–Trinajstić information content (AvgIpc) is 2.67. The Labute approximate surface area is 165 Å². The molecule has 6 nitrogen and oxygen atoms in total. The molecule has 1 saturated heterocycles. The van der Waals surface area contributed by atoms with Crippen molar-refractivity contribution in [2.75, 3.05) is 42.9 Å². The number of rotatable bonds is 6. The van der Waals surface area contributed by atoms with Crippen LogP contribution < -0.4 is 10.2 Å². The molecular formula is C20H26ClN5O. The fourth-order valence-electron chi connectivity index (χ4n) is 3.04. The molecule has 3 rings (SSSR count). The lowest BCUT2D eigenvalue weighted by atomic mass is 10.1. The Hall–Kier alpha value is -2.34. The minimum Gasteiger partial charge on any atom is -0.368 e. The van der Waals surface area contributed by atoms with Crippen molar-refractivity contribution in [3.63, 3.8) is 0 Å². The van der Waals surface area contributed by atoms with Gasteiger partial charge >= 0.3 is 0 Å². The van der Waals surface area contributed by atoms with E-state index in [0.717, 1.165) is 36.8 Å². The smallest absolute Gasteiger partial charge is 0.272 e. The number of carbonyl (C=O) groups excluding carboxylic acids is 1. The van der Waals surface area contributed by atoms with Crippen LogP contribution in [0.4, 0.5) is 11.6 Å². The molecule has 1 aliphatic rings. The molecule has 0 unspecified atom stereocenters. The van der Waals surface area contributed by atoms with E-state index in [4.69, 9.17) is 11.6 Å². The Balaban J connectivity index is 1.57. The number of anilines is 2. The van der Waals surface area contributed by atoms with Gasteiger partial charge in [-0.3, -0.25) is 4.79 Å². The SMILES string of the molecule is CC(C)CCNc1nccc(C(=O)N2CCN(c3cccc(Cl)c3)CC2)n1. The number of benzene rings is 1. The van der Waals surface area contributed by atoms with Gasteiger partial charge < -0.3 is 15.1 Å². The fraction of sp³-hybridized carbons (Fsp3) is 0.450. The second kappa shape index (κ2) is 9.04. The predicted molar refractivity (Wildman–Crippen MR) is 110 cm³/mol. The average molecular weight is 388 g/mol. The number of hydrogen-bond acceptors (Lipinski definition) is 5. The van der Waals surface area contributed by atoms with Crippen molar-refractivity contribution >= 4 is 29.1 Å². The molecule has 2 aromatic rings. The van der Waals surface area contributed by atoms with Gasteiger partial charge in [0, 0.05) is 49.6 Å². The zero-order valence-electron chi connectivity index (χ0n) is 15.9. The fourth-order valence-corrected chi connectivity index (χ4v) is 3.22. The molecule has 1 aliphatic heterocycles. The first-order valence-corrected chi connectivity index (χ1v) is 9.77. The van der Waals surface area contributed by atoms with Crippen LogP contribution in [0.15, 0.2) is 36.5 Å². The van der Waals surface area contributed by atoms with Crippen molar-refractivity contribution in [2.45, 2.75) is 20.3 Å². The Morgan fingerprint density at radius 1 is 1.22 bits per heavy atom. The molecule has 0 spiro atoms. The van der Waals surface area contributed by atoms with Crippen molar-refractivity contribution in [1.82, 2.24) is 14.9 Å². The Morgan fingerprint density at radius 3 is 2.70 bits per heavy atom. The highest BCUT2D eigenvalue weighted by atomic mass is 35.5. The lowest BCUT2D eigenvalue weighted by Crippen LogP contribution is -2.49. The molecule has 0 bridgehead atoms. The van der Waals surface area contributed by atoms with E-state index in [1.807, 2.05) is 29.2 Å². The second-order valence-electron chi connectivity index (χ2n) is 7.13. The molecule has 0 radical (unpaired) electrons. The van der Waals surface area contributed by atoms with Gasteiger partial charge in [0.1, 0.15) is 5.69 Å². The number of piperazine rings is 1. The quantitative estimate of drug-likeness (QED) is 0.821. The van der Waals surface area contributed by atoms with Gasteiger partial charge in [-0.1, -0.05) is 31.5 Å². The summed E-state index contributed by atoms with van der Waals surface area (Å²) >= 11 is 6.08. The third kappa shape index (κ3) is 5.32. The molecule has 1 aromatic carbocycles. The van der Waals surface area contributed by atoms with Crippen LogP contribution in [-0.2, 0) is 0 Å². The third-order valence-corrected chi connectivity index (χ3v) is 4.85. The zero-order chi connectivity index (χ0) is 19.2. The summed E-state index contributed by atoms with van der Waals surface area (Å²) in [7, 11) is 0. The highest BCUT2D eigenvalue weighted by molar-refractivity contribution is 6.30. The maximum atomic E-state index is 12.8. The van der Waals surface area contributed by atoms with Gasteiger partial charge in [-0.05, 0) is 36.6 Å². The summed E-state index contributed by atoms with van der Waals surface area (Å²) in [5.41, 5.74) is 1.53. The second-order valence-corrected chi connectivity index (χ2v) is 7.57. The molecule has 7 heteroatoms. The van der Waals surface area contributed by atoms with E-state index in [9.17, 15) is 4.79 Å². The van der Waals surface area contributed by atoms with Crippen LogP contribution >= 0.6 is 11.6 Å². The van der Waals surface area contributed by atoms with Gasteiger partial charge in [-0.2, -0.15) is 0 Å². The highest BCUT2D eigenvalue weighted by Gasteiger charge is 2.23. The minimum atomic E-state index is -0.0462. The number of amides is 1. The maximum absolute atomic E-state index is 12.8. The van der Waals surface area contributed by atoms with E-state index >= 15 is 0 Å². The van der Waals surface area contributed by atoms with Crippen LogP contribution in [-0.4, -0.2) is 53.5 Å². The minimum absolute atomic E-state index is 0.0462. The monoisotopic (exact) mass is 387 g/mol. The summed E-state index contributed by atoms with van der Waals surface area (Å²) < 4.78 is 0. The van der Waals surface area contributed by atoms with E-state index in [1.165, 1.54) is 0 Å². The number of carbonyl (C=O) groups is 1. The molecule has 1 amide bonds. The van der Waals surface area contributed by atoms with Gasteiger partial charge in [0.15, 0.2) is 0 Å². The molecular weight excluding hydrogens is 362 g/mol. The zero-order valence-corrected chi connectivity index (χ0v) is 16.6. The van der Waals surface area contributed by atoms with E-state index in [2.05, 4.69) is 34.0 Å².